The van der Waals surface area contributed by atoms with Crippen LogP contribution in [0.1, 0.15) is 11.3 Å². The van der Waals surface area contributed by atoms with Gasteiger partial charge in [-0.2, -0.15) is 18.3 Å². The predicted octanol–water partition coefficient (Wildman–Crippen LogP) is 5.52. The molecule has 0 aliphatic heterocycles. The lowest BCUT2D eigenvalue weighted by molar-refractivity contribution is -0.144. The molecule has 0 aliphatic rings. The second kappa shape index (κ2) is 8.04. The number of anilines is 1. The topological polar surface area (TPSA) is 46.9 Å². The summed E-state index contributed by atoms with van der Waals surface area (Å²) < 4.78 is 53.8. The Morgan fingerprint density at radius 2 is 1.79 bits per heavy atom. The molecular formula is C19H13Cl2F4N3O. The molecule has 0 spiro atoms. The molecule has 4 nitrogen and oxygen atoms in total. The molecule has 3 rings (SSSR count). The number of aryl methyl sites for hydroxylation is 1. The number of para-hydroxylation sites is 1. The maximum atomic E-state index is 14.5. The first-order valence-corrected chi connectivity index (χ1v) is 8.95. The number of aromatic nitrogens is 2. The number of rotatable bonds is 4. The van der Waals surface area contributed by atoms with Crippen molar-refractivity contribution in [1.29, 1.82) is 0 Å². The molecule has 2 aromatic carbocycles. The van der Waals surface area contributed by atoms with E-state index in [0.717, 1.165) is 13.1 Å². The molecule has 152 valence electrons. The average molecular weight is 446 g/mol. The number of hydrogen-bond donors (Lipinski definition) is 1. The van der Waals surface area contributed by atoms with Gasteiger partial charge in [-0.1, -0.05) is 35.3 Å². The van der Waals surface area contributed by atoms with E-state index >= 15 is 0 Å². The van der Waals surface area contributed by atoms with Crippen LogP contribution in [-0.4, -0.2) is 9.78 Å². The van der Waals surface area contributed by atoms with Gasteiger partial charge in [-0.15, -0.1) is 0 Å². The third-order valence-corrected chi connectivity index (χ3v) is 4.81. The van der Waals surface area contributed by atoms with Crippen molar-refractivity contribution >= 4 is 28.9 Å². The molecule has 0 saturated carbocycles. The molecule has 0 bridgehead atoms. The van der Waals surface area contributed by atoms with Crippen LogP contribution in [0, 0.1) is 5.82 Å². The van der Waals surface area contributed by atoms with E-state index in [4.69, 9.17) is 23.2 Å². The van der Waals surface area contributed by atoms with E-state index < -0.39 is 28.8 Å². The summed E-state index contributed by atoms with van der Waals surface area (Å²) in [6, 6.07) is 9.57. The molecule has 0 aliphatic carbocycles. The number of nitrogens with zero attached hydrogens (tertiary/aromatic N) is 2. The molecule has 0 amide bonds. The van der Waals surface area contributed by atoms with Gasteiger partial charge in [0.05, 0.1) is 10.7 Å². The first-order valence-electron chi connectivity index (χ1n) is 8.20. The zero-order valence-corrected chi connectivity index (χ0v) is 16.3. The van der Waals surface area contributed by atoms with Crippen molar-refractivity contribution < 1.29 is 17.6 Å². The minimum atomic E-state index is -4.76. The van der Waals surface area contributed by atoms with Gasteiger partial charge in [0, 0.05) is 30.2 Å². The number of halogens is 6. The number of nitrogens with one attached hydrogen (secondary N) is 1. The van der Waals surface area contributed by atoms with Crippen LogP contribution in [-0.2, 0) is 19.8 Å². The zero-order valence-electron chi connectivity index (χ0n) is 14.8. The van der Waals surface area contributed by atoms with E-state index in [2.05, 4.69) is 10.4 Å². The molecule has 10 heteroatoms. The number of alkyl halides is 3. The fourth-order valence-electron chi connectivity index (χ4n) is 2.70. The van der Waals surface area contributed by atoms with E-state index in [1.54, 1.807) is 24.3 Å². The highest BCUT2D eigenvalue weighted by atomic mass is 35.5. The zero-order chi connectivity index (χ0) is 21.3. The van der Waals surface area contributed by atoms with Crippen molar-refractivity contribution in [3.8, 4) is 11.3 Å². The summed E-state index contributed by atoms with van der Waals surface area (Å²) in [4.78, 5) is 12.2. The van der Waals surface area contributed by atoms with Crippen LogP contribution < -0.4 is 10.7 Å². The van der Waals surface area contributed by atoms with Gasteiger partial charge in [0.25, 0.3) is 0 Å². The van der Waals surface area contributed by atoms with Crippen molar-refractivity contribution in [2.75, 3.05) is 5.32 Å². The maximum Gasteiger partial charge on any atom is 0.433 e. The van der Waals surface area contributed by atoms with Gasteiger partial charge in [-0.25, -0.2) is 4.39 Å². The molecule has 3 aromatic rings. The Balaban J connectivity index is 2.01. The Morgan fingerprint density at radius 1 is 1.10 bits per heavy atom. The summed E-state index contributed by atoms with van der Waals surface area (Å²) in [7, 11) is 1.03. The fourth-order valence-corrected chi connectivity index (χ4v) is 3.12. The SMILES string of the molecule is Cn1nc(-c2cc(CNc3ccccc3Cl)c(Cl)cc2F)c(=O)cc1C(F)(F)F. The third-order valence-electron chi connectivity index (χ3n) is 4.12. The van der Waals surface area contributed by atoms with Gasteiger partial charge in [0.1, 0.15) is 17.2 Å². The van der Waals surface area contributed by atoms with E-state index in [0.29, 0.717) is 27.0 Å². The second-order valence-electron chi connectivity index (χ2n) is 6.12. The summed E-state index contributed by atoms with van der Waals surface area (Å²) in [5.74, 6) is -0.874. The minimum absolute atomic E-state index is 0.0783. The van der Waals surface area contributed by atoms with Crippen molar-refractivity contribution in [2.24, 2.45) is 7.05 Å². The highest BCUT2D eigenvalue weighted by Gasteiger charge is 2.34. The molecule has 0 unspecified atom stereocenters. The van der Waals surface area contributed by atoms with Crippen LogP contribution in [0.25, 0.3) is 11.3 Å². The van der Waals surface area contributed by atoms with Gasteiger partial charge in [-0.3, -0.25) is 9.48 Å². The summed E-state index contributed by atoms with van der Waals surface area (Å²) in [5.41, 5.74) is -1.97. The van der Waals surface area contributed by atoms with Crippen LogP contribution in [0.2, 0.25) is 10.0 Å². The van der Waals surface area contributed by atoms with Crippen LogP contribution in [0.5, 0.6) is 0 Å². The molecule has 0 atom stereocenters. The van der Waals surface area contributed by atoms with Gasteiger partial charge in [0.2, 0.25) is 5.43 Å². The lowest BCUT2D eigenvalue weighted by atomic mass is 10.1. The first kappa shape index (κ1) is 21.1. The van der Waals surface area contributed by atoms with E-state index in [1.807, 2.05) is 0 Å². The van der Waals surface area contributed by atoms with Gasteiger partial charge in [-0.05, 0) is 29.8 Å². The van der Waals surface area contributed by atoms with Gasteiger partial charge in [0.15, 0.2) is 0 Å². The quantitative estimate of drug-likeness (QED) is 0.537. The monoisotopic (exact) mass is 445 g/mol. The highest BCUT2D eigenvalue weighted by molar-refractivity contribution is 6.33. The molecule has 1 N–H and O–H groups in total. The molecule has 0 fully saturated rings. The molecule has 0 saturated heterocycles. The fraction of sp³-hybridized carbons (Fsp3) is 0.158. The maximum absolute atomic E-state index is 14.5. The molecule has 1 aromatic heterocycles. The second-order valence-corrected chi connectivity index (χ2v) is 6.94. The summed E-state index contributed by atoms with van der Waals surface area (Å²) in [5, 5.41) is 7.21. The minimum Gasteiger partial charge on any atom is -0.380 e. The average Bonchev–Trinajstić information content (AvgIpc) is 2.63. The highest BCUT2D eigenvalue weighted by Crippen LogP contribution is 2.30. The van der Waals surface area contributed by atoms with E-state index in [1.165, 1.54) is 6.07 Å². The number of benzene rings is 2. The van der Waals surface area contributed by atoms with Gasteiger partial charge < -0.3 is 5.32 Å². The van der Waals surface area contributed by atoms with Crippen molar-refractivity contribution in [2.45, 2.75) is 12.7 Å². The summed E-state index contributed by atoms with van der Waals surface area (Å²) in [6.45, 7) is 0.136. The van der Waals surface area contributed by atoms with Crippen molar-refractivity contribution in [3.05, 3.63) is 79.8 Å². The lowest BCUT2D eigenvalue weighted by Gasteiger charge is -2.14. The number of hydrogen-bond acceptors (Lipinski definition) is 3. The summed E-state index contributed by atoms with van der Waals surface area (Å²) in [6.07, 6.45) is -4.76. The van der Waals surface area contributed by atoms with Crippen LogP contribution >= 0.6 is 23.2 Å². The Hall–Kier alpha value is -2.58. The Morgan fingerprint density at radius 3 is 2.45 bits per heavy atom. The largest absolute Gasteiger partial charge is 0.433 e. The molecule has 0 radical (unpaired) electrons. The Kier molecular flexibility index (Phi) is 5.86. The smallest absolute Gasteiger partial charge is 0.380 e. The predicted molar refractivity (Wildman–Crippen MR) is 104 cm³/mol. The molecule has 1 heterocycles. The lowest BCUT2D eigenvalue weighted by Crippen LogP contribution is -2.23. The van der Waals surface area contributed by atoms with E-state index in [-0.39, 0.29) is 17.1 Å². The summed E-state index contributed by atoms with van der Waals surface area (Å²) >= 11 is 12.2. The van der Waals surface area contributed by atoms with Crippen LogP contribution in [0.15, 0.2) is 47.3 Å². The Labute approximate surface area is 172 Å². The molecule has 29 heavy (non-hydrogen) atoms. The van der Waals surface area contributed by atoms with Crippen molar-refractivity contribution in [3.63, 3.8) is 0 Å². The third kappa shape index (κ3) is 4.54. The molecular weight excluding hydrogens is 433 g/mol. The Bertz CT molecular complexity index is 1130. The first-order chi connectivity index (χ1) is 13.6. The van der Waals surface area contributed by atoms with Crippen LogP contribution in [0.4, 0.5) is 23.2 Å². The van der Waals surface area contributed by atoms with Crippen molar-refractivity contribution in [1.82, 2.24) is 9.78 Å². The normalized spacial score (nSPS) is 11.6. The van der Waals surface area contributed by atoms with E-state index in [9.17, 15) is 22.4 Å². The van der Waals surface area contributed by atoms with Crippen LogP contribution in [0.3, 0.4) is 0 Å². The van der Waals surface area contributed by atoms with Gasteiger partial charge >= 0.3 is 6.18 Å². The standard InChI is InChI=1S/C19H13Cl2F4N3O/c1-28-17(19(23,24)25)8-16(29)18(27-28)11-6-10(13(21)7-14(11)22)9-26-15-5-3-2-4-12(15)20/h2-8,26H,9H2,1H3.